The number of nitrogens with two attached hydrogens (primary N) is 1. The van der Waals surface area contributed by atoms with Crippen molar-refractivity contribution in [2.24, 2.45) is 5.73 Å². The minimum Gasteiger partial charge on any atom is -0.676 e. The summed E-state index contributed by atoms with van der Waals surface area (Å²) in [5.41, 5.74) is 11.2. The van der Waals surface area contributed by atoms with Gasteiger partial charge in [0.05, 0.1) is 0 Å². The summed E-state index contributed by atoms with van der Waals surface area (Å²) in [7, 11) is 0. The maximum absolute atomic E-state index is 8.89. The Kier molecular flexibility index (Phi) is 62.5. The summed E-state index contributed by atoms with van der Waals surface area (Å²) in [5, 5.41) is 29.2. The number of nitrogens with one attached hydrogen (secondary N) is 1. The van der Waals surface area contributed by atoms with E-state index in [4.69, 9.17) is 51.1 Å². The SMILES string of the molecule is [CH2-]C(=O)O.[CH2-]C(=O)O.[CH2-]C(=O)O.[CH2-]C(=O)O.[Cu].[NH-]CCN. The topological polar surface area (TPSA) is 199 Å². The largest absolute Gasteiger partial charge is 0.676 e. The van der Waals surface area contributed by atoms with Crippen molar-refractivity contribution in [3.8, 4) is 0 Å². The van der Waals surface area contributed by atoms with Crippen LogP contribution < -0.4 is 5.73 Å². The van der Waals surface area contributed by atoms with E-state index < -0.39 is 23.9 Å². The Hall–Kier alpha value is -2.20. The predicted molar refractivity (Wildman–Crippen MR) is 70.2 cm³/mol. The Balaban J connectivity index is -0.0000000331. The second-order valence-corrected chi connectivity index (χ2v) is 2.11. The van der Waals surface area contributed by atoms with Crippen LogP contribution in [0, 0.1) is 27.7 Å². The molecular weight excluding hydrogens is 340 g/mol. The van der Waals surface area contributed by atoms with E-state index in [1.165, 1.54) is 0 Å². The first-order valence-electron chi connectivity index (χ1n) is 4.39. The van der Waals surface area contributed by atoms with E-state index in [0.717, 1.165) is 0 Å². The summed E-state index contributed by atoms with van der Waals surface area (Å²) in [5.74, 6) is -4.33. The zero-order valence-corrected chi connectivity index (χ0v) is 12.0. The first-order chi connectivity index (χ1) is 8.84. The fraction of sp³-hybridized carbons (Fsp3) is 0.200. The van der Waals surface area contributed by atoms with Gasteiger partial charge in [0.25, 0.3) is 0 Å². The minimum absolute atomic E-state index is 0. The standard InChI is InChI=1S/C2H7N2.4C2H3O2.Cu/c3-1-2-4;4*1-2(3)4;/h3H,1-2,4H2;4*1H2,(H,3,4);/q5*-1;. The van der Waals surface area contributed by atoms with Crippen LogP contribution in [0.5, 0.6) is 0 Å². The molecule has 21 heavy (non-hydrogen) atoms. The third-order valence-corrected chi connectivity index (χ3v) is 0.144. The molecule has 0 aliphatic heterocycles. The molecule has 1 radical (unpaired) electrons. The average molecular weight is 359 g/mol. The van der Waals surface area contributed by atoms with Crippen molar-refractivity contribution in [3.05, 3.63) is 33.4 Å². The van der Waals surface area contributed by atoms with Crippen molar-refractivity contribution < 1.29 is 56.7 Å². The molecule has 0 saturated carbocycles. The number of carbonyl (C=O) groups is 4. The summed E-state index contributed by atoms with van der Waals surface area (Å²) in [6.07, 6.45) is 0. The maximum Gasteiger partial charge on any atom is 0.161 e. The van der Waals surface area contributed by atoms with Gasteiger partial charge in [-0.3, -0.25) is 46.9 Å². The van der Waals surface area contributed by atoms with Gasteiger partial charge in [-0.15, -0.1) is 6.54 Å². The van der Waals surface area contributed by atoms with E-state index in [1.54, 1.807) is 0 Å². The smallest absolute Gasteiger partial charge is 0.161 e. The molecular formula is C10H19CuN2O8-5. The van der Waals surface area contributed by atoms with Crippen molar-refractivity contribution in [2.45, 2.75) is 0 Å². The van der Waals surface area contributed by atoms with Gasteiger partial charge in [0.2, 0.25) is 0 Å². The summed E-state index contributed by atoms with van der Waals surface area (Å²) in [6.45, 7) is 11.1. The molecule has 0 spiro atoms. The van der Waals surface area contributed by atoms with Crippen LogP contribution in [0.15, 0.2) is 0 Å². The zero-order chi connectivity index (χ0) is 17.7. The fourth-order valence-corrected chi connectivity index (χ4v) is 0. The predicted octanol–water partition coefficient (Wildman–Crippen LogP) is -0.385. The molecule has 0 atom stereocenters. The summed E-state index contributed by atoms with van der Waals surface area (Å²) >= 11 is 0. The van der Waals surface area contributed by atoms with Crippen LogP contribution in [0.2, 0.25) is 0 Å². The molecule has 0 amide bonds. The number of rotatable bonds is 1. The maximum atomic E-state index is 8.89. The third-order valence-electron chi connectivity index (χ3n) is 0.144. The molecule has 0 bridgehead atoms. The Bertz CT molecular complexity index is 195. The van der Waals surface area contributed by atoms with Crippen molar-refractivity contribution in [1.82, 2.24) is 0 Å². The molecule has 0 aliphatic carbocycles. The third kappa shape index (κ3) is 3080. The summed E-state index contributed by atoms with van der Waals surface area (Å²) < 4.78 is 0. The monoisotopic (exact) mass is 358 g/mol. The molecule has 11 heteroatoms. The summed E-state index contributed by atoms with van der Waals surface area (Å²) in [4.78, 5) is 35.6. The van der Waals surface area contributed by atoms with Gasteiger partial charge in [-0.05, 0) is 6.54 Å². The van der Waals surface area contributed by atoms with Gasteiger partial charge in [-0.2, -0.15) is 0 Å². The Labute approximate surface area is 133 Å². The molecule has 0 unspecified atom stereocenters. The molecule has 0 aromatic heterocycles. The van der Waals surface area contributed by atoms with E-state index >= 15 is 0 Å². The molecule has 0 saturated heterocycles. The second-order valence-electron chi connectivity index (χ2n) is 2.11. The van der Waals surface area contributed by atoms with Gasteiger partial charge in [0, 0.05) is 17.1 Å². The van der Waals surface area contributed by atoms with Gasteiger partial charge >= 0.3 is 0 Å². The molecule has 0 heterocycles. The first kappa shape index (κ1) is 36.4. The normalized spacial score (nSPS) is 6.00. The molecule has 7 N–H and O–H groups in total. The van der Waals surface area contributed by atoms with Crippen molar-refractivity contribution >= 4 is 23.9 Å². The fourth-order valence-electron chi connectivity index (χ4n) is 0. The van der Waals surface area contributed by atoms with Crippen molar-refractivity contribution in [1.29, 1.82) is 0 Å². The quantitative estimate of drug-likeness (QED) is 0.306. The van der Waals surface area contributed by atoms with Crippen LogP contribution in [0.3, 0.4) is 0 Å². The molecule has 10 nitrogen and oxygen atoms in total. The van der Waals surface area contributed by atoms with Gasteiger partial charge < -0.3 is 31.9 Å². The van der Waals surface area contributed by atoms with Crippen LogP contribution in [-0.4, -0.2) is 57.4 Å². The van der Waals surface area contributed by atoms with Gasteiger partial charge in [-0.25, -0.2) is 0 Å². The Morgan fingerprint density at radius 1 is 0.762 bits per heavy atom. The first-order valence-corrected chi connectivity index (χ1v) is 4.39. The van der Waals surface area contributed by atoms with Crippen LogP contribution in [0.25, 0.3) is 5.73 Å². The van der Waals surface area contributed by atoms with E-state index in [2.05, 4.69) is 27.7 Å². The Morgan fingerprint density at radius 2 is 0.810 bits per heavy atom. The molecule has 133 valence electrons. The number of carboxylic acids is 4. The average Bonchev–Trinajstić information content (AvgIpc) is 2.13. The van der Waals surface area contributed by atoms with Gasteiger partial charge in [0.1, 0.15) is 0 Å². The van der Waals surface area contributed by atoms with Gasteiger partial charge in [-0.1, -0.05) is 0 Å². The van der Waals surface area contributed by atoms with Crippen LogP contribution in [0.4, 0.5) is 0 Å². The molecule has 0 aromatic carbocycles. The number of hydrogen-bond donors (Lipinski definition) is 5. The molecule has 0 aliphatic rings. The number of hydrogen-bond acceptors (Lipinski definition) is 5. The van der Waals surface area contributed by atoms with Crippen molar-refractivity contribution in [3.63, 3.8) is 0 Å². The van der Waals surface area contributed by atoms with Crippen LogP contribution >= 0.6 is 0 Å². The zero-order valence-electron chi connectivity index (χ0n) is 11.0. The van der Waals surface area contributed by atoms with Crippen LogP contribution in [0.1, 0.15) is 0 Å². The summed E-state index contributed by atoms with van der Waals surface area (Å²) in [6, 6.07) is 0. The van der Waals surface area contributed by atoms with Gasteiger partial charge in [0.15, 0.2) is 23.9 Å². The van der Waals surface area contributed by atoms with Crippen molar-refractivity contribution in [2.75, 3.05) is 13.1 Å². The number of aliphatic carboxylic acids is 4. The molecule has 0 fully saturated rings. The van der Waals surface area contributed by atoms with E-state index in [-0.39, 0.29) is 17.1 Å². The molecule has 0 aromatic rings. The van der Waals surface area contributed by atoms with E-state index in [9.17, 15) is 0 Å². The van der Waals surface area contributed by atoms with E-state index in [0.29, 0.717) is 13.1 Å². The van der Waals surface area contributed by atoms with E-state index in [1.807, 2.05) is 0 Å². The number of carboxylic acid groups (broad SMARTS) is 4. The minimum atomic E-state index is -1.08. The second kappa shape index (κ2) is 36.1. The van der Waals surface area contributed by atoms with Crippen LogP contribution in [-0.2, 0) is 36.2 Å². The Morgan fingerprint density at radius 3 is 0.810 bits per heavy atom. The molecule has 0 rings (SSSR count).